The third-order valence-corrected chi connectivity index (χ3v) is 6.39. The van der Waals surface area contributed by atoms with Crippen molar-refractivity contribution in [3.63, 3.8) is 0 Å². The van der Waals surface area contributed by atoms with E-state index in [4.69, 9.17) is 0 Å². The maximum absolute atomic E-state index is 14.4. The largest absolute Gasteiger partial charge is 0.326 e. The molecule has 1 heterocycles. The lowest BCUT2D eigenvalue weighted by atomic mass is 9.95. The molecule has 0 saturated heterocycles. The molecule has 0 fully saturated rings. The molecule has 0 aliphatic carbocycles. The Balaban J connectivity index is 1.83. The zero-order chi connectivity index (χ0) is 17.8. The third-order valence-electron chi connectivity index (χ3n) is 4.96. The van der Waals surface area contributed by atoms with Crippen molar-refractivity contribution in [1.29, 1.82) is 0 Å². The van der Waals surface area contributed by atoms with Gasteiger partial charge >= 0.3 is 0 Å². The summed E-state index contributed by atoms with van der Waals surface area (Å²) in [7, 11) is 0. The summed E-state index contributed by atoms with van der Waals surface area (Å²) in [6, 6.07) is 12.1. The Kier molecular flexibility index (Phi) is 6.31. The van der Waals surface area contributed by atoms with Gasteiger partial charge in [0.2, 0.25) is 0 Å². The van der Waals surface area contributed by atoms with E-state index in [1.54, 1.807) is 6.07 Å². The lowest BCUT2D eigenvalue weighted by Crippen LogP contribution is -2.25. The first-order valence-electron chi connectivity index (χ1n) is 9.10. The Morgan fingerprint density at radius 2 is 1.72 bits per heavy atom. The molecule has 2 atom stereocenters. The number of rotatable bonds is 7. The van der Waals surface area contributed by atoms with Crippen LogP contribution in [0, 0.1) is 11.6 Å². The SMILES string of the molecule is CCCCCCCC1c2ccccc2N(c2ccc(F)cc2F)C1I. The summed E-state index contributed by atoms with van der Waals surface area (Å²) in [5, 5.41) is 0. The summed E-state index contributed by atoms with van der Waals surface area (Å²) < 4.78 is 27.9. The number of hydrogen-bond donors (Lipinski definition) is 0. The standard InChI is InChI=1S/C21H24F2IN/c1-2-3-4-5-6-10-17-16-9-7-8-11-19(16)25(21(17)24)20-13-12-15(22)14-18(20)23/h7-9,11-14,17,21H,2-6,10H2,1H3. The van der Waals surface area contributed by atoms with Crippen LogP contribution in [-0.2, 0) is 0 Å². The zero-order valence-electron chi connectivity index (χ0n) is 14.5. The molecule has 2 unspecified atom stereocenters. The highest BCUT2D eigenvalue weighted by Gasteiger charge is 2.37. The van der Waals surface area contributed by atoms with E-state index in [0.29, 0.717) is 11.6 Å². The summed E-state index contributed by atoms with van der Waals surface area (Å²) in [5.74, 6) is -0.658. The van der Waals surface area contributed by atoms with Crippen molar-refractivity contribution >= 4 is 34.0 Å². The van der Waals surface area contributed by atoms with Crippen LogP contribution in [0.4, 0.5) is 20.2 Å². The summed E-state index contributed by atoms with van der Waals surface area (Å²) in [6.07, 6.45) is 7.38. The van der Waals surface area contributed by atoms with Crippen LogP contribution < -0.4 is 4.90 Å². The Bertz CT molecular complexity index is 719. The fourth-order valence-electron chi connectivity index (χ4n) is 3.68. The average Bonchev–Trinajstić information content (AvgIpc) is 2.87. The molecule has 25 heavy (non-hydrogen) atoms. The second-order valence-corrected chi connectivity index (χ2v) is 7.98. The molecule has 0 saturated carbocycles. The molecule has 0 radical (unpaired) electrons. The molecule has 134 valence electrons. The van der Waals surface area contributed by atoms with E-state index in [-0.39, 0.29) is 4.05 Å². The van der Waals surface area contributed by atoms with Crippen LogP contribution >= 0.6 is 22.6 Å². The van der Waals surface area contributed by atoms with Gasteiger partial charge in [0.05, 0.1) is 9.74 Å². The number of halogens is 3. The van der Waals surface area contributed by atoms with Crippen LogP contribution in [0.5, 0.6) is 0 Å². The van der Waals surface area contributed by atoms with Crippen LogP contribution in [0.3, 0.4) is 0 Å². The van der Waals surface area contributed by atoms with Gasteiger partial charge in [-0.2, -0.15) is 0 Å². The Hall–Kier alpha value is -1.17. The van der Waals surface area contributed by atoms with Crippen molar-refractivity contribution in [2.45, 2.75) is 55.4 Å². The Morgan fingerprint density at radius 1 is 0.960 bits per heavy atom. The van der Waals surface area contributed by atoms with Gasteiger partial charge in [0.15, 0.2) is 0 Å². The van der Waals surface area contributed by atoms with Crippen molar-refractivity contribution in [3.05, 3.63) is 59.7 Å². The first-order valence-corrected chi connectivity index (χ1v) is 10.3. The smallest absolute Gasteiger partial charge is 0.149 e. The van der Waals surface area contributed by atoms with Crippen LogP contribution in [0.1, 0.15) is 56.9 Å². The number of fused-ring (bicyclic) bond motifs is 1. The quantitative estimate of drug-likeness (QED) is 0.183. The number of nitrogens with zero attached hydrogens (tertiary/aromatic N) is 1. The van der Waals surface area contributed by atoms with Gasteiger partial charge in [0.1, 0.15) is 11.6 Å². The summed E-state index contributed by atoms with van der Waals surface area (Å²) >= 11 is 2.41. The van der Waals surface area contributed by atoms with Crippen LogP contribution in [0.15, 0.2) is 42.5 Å². The second-order valence-electron chi connectivity index (χ2n) is 6.71. The molecule has 0 spiro atoms. The summed E-state index contributed by atoms with van der Waals surface area (Å²) in [6.45, 7) is 2.23. The van der Waals surface area contributed by atoms with Crippen molar-refractivity contribution in [2.24, 2.45) is 0 Å². The molecule has 4 heteroatoms. The molecule has 1 nitrogen and oxygen atoms in total. The molecule has 1 aliphatic heterocycles. The molecule has 1 aliphatic rings. The Morgan fingerprint density at radius 3 is 2.48 bits per heavy atom. The van der Waals surface area contributed by atoms with Crippen molar-refractivity contribution in [2.75, 3.05) is 4.90 Å². The fraction of sp³-hybridized carbons (Fsp3) is 0.429. The highest BCUT2D eigenvalue weighted by molar-refractivity contribution is 14.1. The molecular weight excluding hydrogens is 431 g/mol. The lowest BCUT2D eigenvalue weighted by Gasteiger charge is -2.26. The number of unbranched alkanes of at least 4 members (excludes halogenated alkanes) is 4. The molecular formula is C21H24F2IN. The van der Waals surface area contributed by atoms with Gasteiger partial charge in [-0.25, -0.2) is 8.78 Å². The number of benzene rings is 2. The van der Waals surface area contributed by atoms with Gasteiger partial charge in [-0.15, -0.1) is 0 Å². The van der Waals surface area contributed by atoms with Gasteiger partial charge in [0, 0.05) is 17.7 Å². The van der Waals surface area contributed by atoms with Crippen molar-refractivity contribution in [3.8, 4) is 0 Å². The van der Waals surface area contributed by atoms with E-state index in [0.717, 1.165) is 18.2 Å². The molecule has 3 rings (SSSR count). The van der Waals surface area contributed by atoms with Gasteiger partial charge in [-0.1, -0.05) is 79.8 Å². The predicted octanol–water partition coefficient (Wildman–Crippen LogP) is 7.32. The topological polar surface area (TPSA) is 3.24 Å². The summed E-state index contributed by atoms with van der Waals surface area (Å²) in [5.41, 5.74) is 2.79. The molecule has 0 bridgehead atoms. The monoisotopic (exact) mass is 455 g/mol. The number of anilines is 2. The number of alkyl halides is 1. The van der Waals surface area contributed by atoms with Crippen LogP contribution in [0.25, 0.3) is 0 Å². The third kappa shape index (κ3) is 3.99. The second kappa shape index (κ2) is 8.47. The maximum Gasteiger partial charge on any atom is 0.149 e. The predicted molar refractivity (Wildman–Crippen MR) is 109 cm³/mol. The minimum atomic E-state index is -0.536. The van der Waals surface area contributed by atoms with Crippen LogP contribution in [0.2, 0.25) is 0 Å². The minimum absolute atomic E-state index is 0.140. The Labute approximate surface area is 162 Å². The van der Waals surface area contributed by atoms with Crippen molar-refractivity contribution < 1.29 is 8.78 Å². The van der Waals surface area contributed by atoms with E-state index >= 15 is 0 Å². The van der Waals surface area contributed by atoms with E-state index in [1.165, 1.54) is 43.7 Å². The number of para-hydroxylation sites is 1. The first kappa shape index (κ1) is 18.6. The number of hydrogen-bond acceptors (Lipinski definition) is 1. The minimum Gasteiger partial charge on any atom is -0.326 e. The highest BCUT2D eigenvalue weighted by Crippen LogP contribution is 2.50. The van der Waals surface area contributed by atoms with E-state index in [9.17, 15) is 8.78 Å². The molecule has 2 aromatic carbocycles. The van der Waals surface area contributed by atoms with Crippen molar-refractivity contribution in [1.82, 2.24) is 0 Å². The normalized spacial score (nSPS) is 19.3. The maximum atomic E-state index is 14.4. The molecule has 2 aromatic rings. The lowest BCUT2D eigenvalue weighted by molar-refractivity contribution is 0.550. The van der Waals surface area contributed by atoms with Gasteiger partial charge < -0.3 is 4.90 Å². The fourth-order valence-corrected chi connectivity index (χ4v) is 5.03. The van der Waals surface area contributed by atoms with E-state index in [2.05, 4.69) is 41.6 Å². The van der Waals surface area contributed by atoms with Gasteiger partial charge in [0.25, 0.3) is 0 Å². The van der Waals surface area contributed by atoms with Gasteiger partial charge in [-0.3, -0.25) is 0 Å². The molecule has 0 amide bonds. The van der Waals surface area contributed by atoms with Crippen LogP contribution in [-0.4, -0.2) is 4.05 Å². The zero-order valence-corrected chi connectivity index (χ0v) is 16.7. The highest BCUT2D eigenvalue weighted by atomic mass is 127. The summed E-state index contributed by atoms with van der Waals surface area (Å²) in [4.78, 5) is 2.03. The average molecular weight is 455 g/mol. The molecule has 0 aromatic heterocycles. The molecule has 0 N–H and O–H groups in total. The van der Waals surface area contributed by atoms with E-state index in [1.807, 2.05) is 17.0 Å². The van der Waals surface area contributed by atoms with Gasteiger partial charge in [-0.05, 0) is 30.2 Å². The van der Waals surface area contributed by atoms with E-state index < -0.39 is 11.6 Å². The first-order chi connectivity index (χ1) is 12.1.